The predicted molar refractivity (Wildman–Crippen MR) is 63.4 cm³/mol. The van der Waals surface area contributed by atoms with Gasteiger partial charge >= 0.3 is 0 Å². The number of carbonyl (C=O) groups is 1. The number of pyridine rings is 1. The van der Waals surface area contributed by atoms with Crippen LogP contribution in [0.4, 0.5) is 0 Å². The van der Waals surface area contributed by atoms with E-state index in [1.165, 1.54) is 12.1 Å². The normalized spacial score (nSPS) is 21.4. The number of nitrogens with zero attached hydrogens (tertiary/aromatic N) is 1. The van der Waals surface area contributed by atoms with Crippen molar-refractivity contribution < 1.29 is 13.2 Å². The summed E-state index contributed by atoms with van der Waals surface area (Å²) in [6.45, 7) is 0. The Morgan fingerprint density at radius 2 is 2.24 bits per heavy atom. The van der Waals surface area contributed by atoms with E-state index >= 15 is 0 Å². The molecule has 0 radical (unpaired) electrons. The van der Waals surface area contributed by atoms with E-state index in [9.17, 15) is 13.2 Å². The average Bonchev–Trinajstić information content (AvgIpc) is 2.58. The highest BCUT2D eigenvalue weighted by molar-refractivity contribution is 7.94. The lowest BCUT2D eigenvalue weighted by atomic mass is 10.3. The van der Waals surface area contributed by atoms with Crippen molar-refractivity contribution >= 4 is 27.3 Å². The first-order valence-corrected chi connectivity index (χ1v) is 6.90. The van der Waals surface area contributed by atoms with E-state index in [-0.39, 0.29) is 16.6 Å². The molecule has 1 aliphatic rings. The van der Waals surface area contributed by atoms with Crippen LogP contribution >= 0.6 is 11.6 Å². The van der Waals surface area contributed by atoms with Gasteiger partial charge in [-0.05, 0) is 18.2 Å². The second-order valence-corrected chi connectivity index (χ2v) is 5.90. The highest BCUT2D eigenvalue weighted by atomic mass is 35.5. The van der Waals surface area contributed by atoms with E-state index in [0.29, 0.717) is 0 Å². The third-order valence-corrected chi connectivity index (χ3v) is 3.80. The molecule has 0 aromatic carbocycles. The number of rotatable bonds is 2. The van der Waals surface area contributed by atoms with Crippen LogP contribution in [0, 0.1) is 0 Å². The standard InChI is InChI=1S/C10H9ClN2O3S/c11-9-3-1-2-8(13-9)10(14)12-7-4-5-17(15,16)6-7/h1-5,7H,6H2,(H,12,14). The third-order valence-electron chi connectivity index (χ3n) is 2.19. The van der Waals surface area contributed by atoms with Gasteiger partial charge in [-0.2, -0.15) is 0 Å². The summed E-state index contributed by atoms with van der Waals surface area (Å²) in [5, 5.41) is 3.87. The Balaban J connectivity index is 2.06. The molecule has 90 valence electrons. The summed E-state index contributed by atoms with van der Waals surface area (Å²) in [4.78, 5) is 15.5. The van der Waals surface area contributed by atoms with Crippen molar-refractivity contribution in [2.45, 2.75) is 6.04 Å². The van der Waals surface area contributed by atoms with Crippen molar-refractivity contribution in [3.63, 3.8) is 0 Å². The first-order valence-electron chi connectivity index (χ1n) is 4.81. The van der Waals surface area contributed by atoms with Crippen LogP contribution in [0.25, 0.3) is 0 Å². The van der Waals surface area contributed by atoms with E-state index in [0.717, 1.165) is 5.41 Å². The van der Waals surface area contributed by atoms with E-state index in [1.807, 2.05) is 0 Å². The van der Waals surface area contributed by atoms with Crippen LogP contribution in [0.3, 0.4) is 0 Å². The zero-order chi connectivity index (χ0) is 12.5. The predicted octanol–water partition coefficient (Wildman–Crippen LogP) is 0.776. The minimum Gasteiger partial charge on any atom is -0.343 e. The highest BCUT2D eigenvalue weighted by Crippen LogP contribution is 2.09. The Morgan fingerprint density at radius 1 is 1.47 bits per heavy atom. The molecule has 0 aliphatic carbocycles. The van der Waals surface area contributed by atoms with Crippen LogP contribution in [0.1, 0.15) is 10.5 Å². The summed E-state index contributed by atoms with van der Waals surface area (Å²) in [7, 11) is -3.17. The smallest absolute Gasteiger partial charge is 0.270 e. The number of hydrogen-bond acceptors (Lipinski definition) is 4. The van der Waals surface area contributed by atoms with E-state index in [2.05, 4.69) is 10.3 Å². The Hall–Kier alpha value is -1.40. The summed E-state index contributed by atoms with van der Waals surface area (Å²) < 4.78 is 22.3. The monoisotopic (exact) mass is 272 g/mol. The van der Waals surface area contributed by atoms with Gasteiger partial charge in [-0.1, -0.05) is 17.7 Å². The van der Waals surface area contributed by atoms with Gasteiger partial charge in [-0.15, -0.1) is 0 Å². The molecule has 2 heterocycles. The lowest BCUT2D eigenvalue weighted by Crippen LogP contribution is -2.35. The molecule has 2 rings (SSSR count). The Morgan fingerprint density at radius 3 is 2.82 bits per heavy atom. The molecular weight excluding hydrogens is 264 g/mol. The van der Waals surface area contributed by atoms with Crippen LogP contribution in [0.15, 0.2) is 29.7 Å². The first-order chi connectivity index (χ1) is 7.96. The molecule has 1 atom stereocenters. The summed E-state index contributed by atoms with van der Waals surface area (Å²) in [6.07, 6.45) is 1.44. The van der Waals surface area contributed by atoms with Gasteiger partial charge in [-0.25, -0.2) is 13.4 Å². The molecule has 0 fully saturated rings. The van der Waals surface area contributed by atoms with Gasteiger partial charge < -0.3 is 5.32 Å². The Kier molecular flexibility index (Phi) is 3.17. The number of amides is 1. The van der Waals surface area contributed by atoms with Crippen molar-refractivity contribution in [3.05, 3.63) is 40.5 Å². The molecule has 1 aliphatic heterocycles. The lowest BCUT2D eigenvalue weighted by Gasteiger charge is -2.09. The molecule has 7 heteroatoms. The van der Waals surface area contributed by atoms with Gasteiger partial charge in [0.1, 0.15) is 10.8 Å². The van der Waals surface area contributed by atoms with Crippen LogP contribution < -0.4 is 5.32 Å². The molecule has 0 bridgehead atoms. The van der Waals surface area contributed by atoms with Crippen molar-refractivity contribution in [2.75, 3.05) is 5.75 Å². The minimum atomic E-state index is -3.17. The summed E-state index contributed by atoms with van der Waals surface area (Å²) in [6, 6.07) is 4.16. The van der Waals surface area contributed by atoms with Gasteiger partial charge in [0.2, 0.25) is 0 Å². The zero-order valence-corrected chi connectivity index (χ0v) is 10.2. The minimum absolute atomic E-state index is 0.112. The number of sulfone groups is 1. The van der Waals surface area contributed by atoms with Gasteiger partial charge in [0, 0.05) is 5.41 Å². The molecule has 17 heavy (non-hydrogen) atoms. The molecule has 1 N–H and O–H groups in total. The van der Waals surface area contributed by atoms with Crippen LogP contribution in [-0.4, -0.2) is 31.1 Å². The maximum absolute atomic E-state index is 11.7. The van der Waals surface area contributed by atoms with Crippen molar-refractivity contribution in [1.29, 1.82) is 0 Å². The molecular formula is C10H9ClN2O3S. The van der Waals surface area contributed by atoms with Crippen LogP contribution in [0.5, 0.6) is 0 Å². The van der Waals surface area contributed by atoms with E-state index in [4.69, 9.17) is 11.6 Å². The fraction of sp³-hybridized carbons (Fsp3) is 0.200. The van der Waals surface area contributed by atoms with Crippen LogP contribution in [-0.2, 0) is 9.84 Å². The van der Waals surface area contributed by atoms with Crippen molar-refractivity contribution in [2.24, 2.45) is 0 Å². The molecule has 0 spiro atoms. The van der Waals surface area contributed by atoms with Gasteiger partial charge in [-0.3, -0.25) is 4.79 Å². The van der Waals surface area contributed by atoms with Gasteiger partial charge in [0.15, 0.2) is 9.84 Å². The maximum Gasteiger partial charge on any atom is 0.270 e. The van der Waals surface area contributed by atoms with Crippen molar-refractivity contribution in [3.8, 4) is 0 Å². The maximum atomic E-state index is 11.7. The lowest BCUT2D eigenvalue weighted by molar-refractivity contribution is 0.0942. The highest BCUT2D eigenvalue weighted by Gasteiger charge is 2.23. The van der Waals surface area contributed by atoms with Gasteiger partial charge in [0.25, 0.3) is 5.91 Å². The van der Waals surface area contributed by atoms with E-state index in [1.54, 1.807) is 12.1 Å². The number of nitrogens with one attached hydrogen (secondary N) is 1. The van der Waals surface area contributed by atoms with E-state index < -0.39 is 21.8 Å². The molecule has 0 saturated heterocycles. The summed E-state index contributed by atoms with van der Waals surface area (Å²) in [5.41, 5.74) is 0.162. The Labute approximate surface area is 103 Å². The second-order valence-electron chi connectivity index (χ2n) is 3.58. The topological polar surface area (TPSA) is 76.1 Å². The molecule has 1 amide bonds. The Bertz CT molecular complexity index is 583. The zero-order valence-electron chi connectivity index (χ0n) is 8.63. The average molecular weight is 273 g/mol. The molecule has 0 saturated carbocycles. The molecule has 1 aromatic heterocycles. The number of hydrogen-bond donors (Lipinski definition) is 1. The van der Waals surface area contributed by atoms with Crippen LogP contribution in [0.2, 0.25) is 5.15 Å². The summed E-state index contributed by atoms with van der Waals surface area (Å²) in [5.74, 6) is -0.557. The fourth-order valence-electron chi connectivity index (χ4n) is 1.44. The molecule has 1 aromatic rings. The number of halogens is 1. The number of carbonyl (C=O) groups excluding carboxylic acids is 1. The number of aromatic nitrogens is 1. The first kappa shape index (κ1) is 12.1. The van der Waals surface area contributed by atoms with Gasteiger partial charge in [0.05, 0.1) is 11.8 Å². The van der Waals surface area contributed by atoms with Crippen molar-refractivity contribution in [1.82, 2.24) is 10.3 Å². The largest absolute Gasteiger partial charge is 0.343 e. The fourth-order valence-corrected chi connectivity index (χ4v) is 2.84. The quantitative estimate of drug-likeness (QED) is 0.807. The molecule has 5 nitrogen and oxygen atoms in total. The molecule has 1 unspecified atom stereocenters. The third kappa shape index (κ3) is 3.04. The summed E-state index contributed by atoms with van der Waals surface area (Å²) >= 11 is 5.65. The second kappa shape index (κ2) is 4.46. The SMILES string of the molecule is O=C(NC1C=CS(=O)(=O)C1)c1cccc(Cl)n1.